The second-order valence-electron chi connectivity index (χ2n) is 5.94. The van der Waals surface area contributed by atoms with Gasteiger partial charge in [0.2, 0.25) is 5.91 Å². The zero-order valence-corrected chi connectivity index (χ0v) is 16.4. The number of nitrogen functional groups attached to an aromatic ring is 1. The van der Waals surface area contributed by atoms with Crippen LogP contribution in [0.1, 0.15) is 16.8 Å². The lowest BCUT2D eigenvalue weighted by molar-refractivity contribution is -0.120. The van der Waals surface area contributed by atoms with Gasteiger partial charge < -0.3 is 15.2 Å². The molecule has 0 aliphatic heterocycles. The number of halogens is 1. The third-order valence-corrected chi connectivity index (χ3v) is 4.55. The average molecular weight is 414 g/mol. The fourth-order valence-electron chi connectivity index (χ4n) is 2.47. The highest BCUT2D eigenvalue weighted by Gasteiger charge is 2.10. The van der Waals surface area contributed by atoms with Gasteiger partial charge in [-0.25, -0.2) is 14.8 Å². The van der Waals surface area contributed by atoms with Crippen molar-refractivity contribution in [3.63, 3.8) is 0 Å². The molecule has 0 unspecified atom stereocenters. The van der Waals surface area contributed by atoms with Crippen LogP contribution >= 0.6 is 11.3 Å². The molecule has 1 amide bonds. The molecule has 150 valence electrons. The zero-order valence-electron chi connectivity index (χ0n) is 15.6. The van der Waals surface area contributed by atoms with E-state index in [9.17, 15) is 9.18 Å². The number of thiazole rings is 1. The molecule has 0 fully saturated rings. The van der Waals surface area contributed by atoms with E-state index in [4.69, 9.17) is 15.2 Å². The number of rotatable bonds is 8. The Balaban J connectivity index is 1.66. The number of ether oxygens (including phenoxy) is 2. The van der Waals surface area contributed by atoms with Crippen LogP contribution in [0, 0.1) is 5.82 Å². The summed E-state index contributed by atoms with van der Waals surface area (Å²) >= 11 is 1.27. The van der Waals surface area contributed by atoms with Crippen molar-refractivity contribution in [3.8, 4) is 11.5 Å². The maximum absolute atomic E-state index is 13.1. The molecule has 0 spiro atoms. The SMILES string of the molecule is COc1cccc(/C=N/NC(=O)Cc2csc(N)n2)c1OCc1ccc(F)cc1. The first-order valence-corrected chi connectivity index (χ1v) is 9.49. The van der Waals surface area contributed by atoms with Crippen molar-refractivity contribution < 1.29 is 18.7 Å². The van der Waals surface area contributed by atoms with E-state index in [1.807, 2.05) is 0 Å². The van der Waals surface area contributed by atoms with E-state index < -0.39 is 0 Å². The molecule has 0 saturated heterocycles. The van der Waals surface area contributed by atoms with Gasteiger partial charge in [-0.2, -0.15) is 5.10 Å². The molecular formula is C20H19FN4O3S. The number of amides is 1. The van der Waals surface area contributed by atoms with Gasteiger partial charge in [-0.1, -0.05) is 18.2 Å². The summed E-state index contributed by atoms with van der Waals surface area (Å²) < 4.78 is 24.3. The molecule has 0 aliphatic carbocycles. The zero-order chi connectivity index (χ0) is 20.6. The topological polar surface area (TPSA) is 98.8 Å². The third kappa shape index (κ3) is 5.76. The highest BCUT2D eigenvalue weighted by molar-refractivity contribution is 7.13. The van der Waals surface area contributed by atoms with Gasteiger partial charge in [0.1, 0.15) is 12.4 Å². The van der Waals surface area contributed by atoms with Crippen molar-refractivity contribution >= 4 is 28.6 Å². The van der Waals surface area contributed by atoms with Crippen LogP contribution in [0.5, 0.6) is 11.5 Å². The average Bonchev–Trinajstić information content (AvgIpc) is 3.12. The number of hydrazone groups is 1. The first-order valence-electron chi connectivity index (χ1n) is 8.61. The van der Waals surface area contributed by atoms with E-state index in [-0.39, 0.29) is 24.8 Å². The van der Waals surface area contributed by atoms with E-state index in [2.05, 4.69) is 15.5 Å². The van der Waals surface area contributed by atoms with Gasteiger partial charge in [0.15, 0.2) is 16.6 Å². The number of hydrogen-bond acceptors (Lipinski definition) is 7. The molecule has 3 aromatic rings. The molecule has 1 heterocycles. The Hall–Kier alpha value is -3.46. The summed E-state index contributed by atoms with van der Waals surface area (Å²) in [5.41, 5.74) is 10.0. The number of aromatic nitrogens is 1. The van der Waals surface area contributed by atoms with E-state index in [1.54, 1.807) is 35.7 Å². The van der Waals surface area contributed by atoms with Crippen LogP contribution in [0.15, 0.2) is 52.9 Å². The molecule has 7 nitrogen and oxygen atoms in total. The smallest absolute Gasteiger partial charge is 0.246 e. The van der Waals surface area contributed by atoms with Gasteiger partial charge in [0, 0.05) is 10.9 Å². The molecule has 29 heavy (non-hydrogen) atoms. The van der Waals surface area contributed by atoms with Crippen molar-refractivity contribution in [2.24, 2.45) is 5.10 Å². The first-order chi connectivity index (χ1) is 14.0. The molecule has 0 saturated carbocycles. The van der Waals surface area contributed by atoms with Crippen LogP contribution in [-0.2, 0) is 17.8 Å². The van der Waals surface area contributed by atoms with Gasteiger partial charge in [-0.05, 0) is 29.8 Å². The Labute approximate surface area is 171 Å². The predicted molar refractivity (Wildman–Crippen MR) is 110 cm³/mol. The summed E-state index contributed by atoms with van der Waals surface area (Å²) in [6.07, 6.45) is 1.55. The lowest BCUT2D eigenvalue weighted by atomic mass is 10.2. The van der Waals surface area contributed by atoms with Gasteiger partial charge in [-0.15, -0.1) is 11.3 Å². The lowest BCUT2D eigenvalue weighted by Crippen LogP contribution is -2.20. The number of nitrogens with two attached hydrogens (primary N) is 1. The number of carbonyl (C=O) groups excluding carboxylic acids is 1. The Kier molecular flexibility index (Phi) is 6.75. The minimum atomic E-state index is -0.316. The highest BCUT2D eigenvalue weighted by Crippen LogP contribution is 2.30. The molecule has 0 bridgehead atoms. The second-order valence-corrected chi connectivity index (χ2v) is 6.83. The monoisotopic (exact) mass is 414 g/mol. The lowest BCUT2D eigenvalue weighted by Gasteiger charge is -2.13. The summed E-state index contributed by atoms with van der Waals surface area (Å²) in [4.78, 5) is 16.0. The number of nitrogens with one attached hydrogen (secondary N) is 1. The number of nitrogens with zero attached hydrogens (tertiary/aromatic N) is 2. The Bertz CT molecular complexity index is 1010. The predicted octanol–water partition coefficient (Wildman–Crippen LogP) is 3.14. The highest BCUT2D eigenvalue weighted by atomic mass is 32.1. The summed E-state index contributed by atoms with van der Waals surface area (Å²) in [7, 11) is 1.53. The number of carbonyl (C=O) groups is 1. The Morgan fingerprint density at radius 3 is 2.79 bits per heavy atom. The van der Waals surface area contributed by atoms with Crippen molar-refractivity contribution in [2.45, 2.75) is 13.0 Å². The number of benzene rings is 2. The normalized spacial score (nSPS) is 10.8. The molecule has 3 rings (SSSR count). The summed E-state index contributed by atoms with van der Waals surface area (Å²) in [6, 6.07) is 11.3. The molecule has 9 heteroatoms. The summed E-state index contributed by atoms with van der Waals surface area (Å²) in [6.45, 7) is 0.221. The Morgan fingerprint density at radius 2 is 2.10 bits per heavy atom. The molecule has 0 radical (unpaired) electrons. The second kappa shape index (κ2) is 9.65. The van der Waals surface area contributed by atoms with Gasteiger partial charge in [-0.3, -0.25) is 4.79 Å². The molecule has 2 aromatic carbocycles. The van der Waals surface area contributed by atoms with Gasteiger partial charge in [0.25, 0.3) is 0 Å². The van der Waals surface area contributed by atoms with Crippen molar-refractivity contribution in [1.29, 1.82) is 0 Å². The number of methoxy groups -OCH3 is 1. The van der Waals surface area contributed by atoms with Crippen molar-refractivity contribution in [3.05, 3.63) is 70.5 Å². The number of para-hydroxylation sites is 1. The van der Waals surface area contributed by atoms with Crippen LogP contribution in [0.25, 0.3) is 0 Å². The molecule has 1 aromatic heterocycles. The first kappa shape index (κ1) is 20.3. The quantitative estimate of drug-likeness (QED) is 0.436. The van der Waals surface area contributed by atoms with Crippen LogP contribution in [0.3, 0.4) is 0 Å². The maximum Gasteiger partial charge on any atom is 0.246 e. The fourth-order valence-corrected chi connectivity index (χ4v) is 3.03. The van der Waals surface area contributed by atoms with Crippen molar-refractivity contribution in [1.82, 2.24) is 10.4 Å². The third-order valence-electron chi connectivity index (χ3n) is 3.83. The number of anilines is 1. The molecule has 0 atom stereocenters. The van der Waals surface area contributed by atoms with Crippen LogP contribution in [0.4, 0.5) is 9.52 Å². The summed E-state index contributed by atoms with van der Waals surface area (Å²) in [5, 5.41) is 6.12. The van der Waals surface area contributed by atoms with Crippen LogP contribution < -0.4 is 20.6 Å². The van der Waals surface area contributed by atoms with Gasteiger partial charge in [0.05, 0.1) is 25.4 Å². The maximum atomic E-state index is 13.1. The largest absolute Gasteiger partial charge is 0.493 e. The Morgan fingerprint density at radius 1 is 1.31 bits per heavy atom. The standard InChI is InChI=1S/C20H19FN4O3S/c1-27-17-4-2-3-14(19(17)28-11-13-5-7-15(21)8-6-13)10-23-25-18(26)9-16-12-29-20(22)24-16/h2-8,10,12H,9,11H2,1H3,(H2,22,24)(H,25,26)/b23-10+. The van der Waals surface area contributed by atoms with Crippen LogP contribution in [-0.4, -0.2) is 24.2 Å². The van der Waals surface area contributed by atoms with Crippen molar-refractivity contribution in [2.75, 3.05) is 12.8 Å². The molecular weight excluding hydrogens is 395 g/mol. The minimum absolute atomic E-state index is 0.0804. The van der Waals surface area contributed by atoms with Crippen LogP contribution in [0.2, 0.25) is 0 Å². The molecule has 0 aliphatic rings. The van der Waals surface area contributed by atoms with E-state index in [0.29, 0.717) is 27.9 Å². The van der Waals surface area contributed by atoms with Gasteiger partial charge >= 0.3 is 0 Å². The van der Waals surface area contributed by atoms with E-state index in [1.165, 1.54) is 36.8 Å². The summed E-state index contributed by atoms with van der Waals surface area (Å²) in [5.74, 6) is 0.350. The fraction of sp³-hybridized carbons (Fsp3) is 0.150. The molecule has 3 N–H and O–H groups in total. The van der Waals surface area contributed by atoms with E-state index in [0.717, 1.165) is 5.56 Å². The van der Waals surface area contributed by atoms with E-state index >= 15 is 0 Å². The number of hydrogen-bond donors (Lipinski definition) is 2. The minimum Gasteiger partial charge on any atom is -0.493 e.